The number of amides is 1. The molecular weight excluding hydrogens is 386 g/mol. The first kappa shape index (κ1) is 21.4. The SMILES string of the molecule is COc1ccc(N2CCN(C(=O)CNc3cc(OC)c(OC)c(OC)c3)CC2)cc1. The van der Waals surface area contributed by atoms with E-state index < -0.39 is 0 Å². The first-order chi connectivity index (χ1) is 14.6. The molecule has 30 heavy (non-hydrogen) atoms. The second kappa shape index (κ2) is 9.96. The average Bonchev–Trinajstić information content (AvgIpc) is 2.81. The highest BCUT2D eigenvalue weighted by atomic mass is 16.5. The van der Waals surface area contributed by atoms with Crippen molar-refractivity contribution in [3.8, 4) is 23.0 Å². The number of carbonyl (C=O) groups excluding carboxylic acids is 1. The fraction of sp³-hybridized carbons (Fsp3) is 0.409. The summed E-state index contributed by atoms with van der Waals surface area (Å²) in [7, 11) is 6.34. The van der Waals surface area contributed by atoms with E-state index in [2.05, 4.69) is 10.2 Å². The molecule has 1 aliphatic rings. The minimum absolute atomic E-state index is 0.0538. The second-order valence-electron chi connectivity index (χ2n) is 6.83. The zero-order valence-electron chi connectivity index (χ0n) is 17.9. The fourth-order valence-electron chi connectivity index (χ4n) is 3.48. The van der Waals surface area contributed by atoms with Gasteiger partial charge in [-0.15, -0.1) is 0 Å². The molecule has 0 aliphatic carbocycles. The number of ether oxygens (including phenoxy) is 4. The first-order valence-corrected chi connectivity index (χ1v) is 9.80. The van der Waals surface area contributed by atoms with Crippen molar-refractivity contribution in [2.45, 2.75) is 0 Å². The molecule has 8 heteroatoms. The molecule has 0 bridgehead atoms. The lowest BCUT2D eigenvalue weighted by Crippen LogP contribution is -2.50. The number of rotatable bonds is 8. The zero-order valence-corrected chi connectivity index (χ0v) is 17.9. The number of nitrogens with zero attached hydrogens (tertiary/aromatic N) is 2. The van der Waals surface area contributed by atoms with Gasteiger partial charge in [0.2, 0.25) is 11.7 Å². The van der Waals surface area contributed by atoms with Crippen LogP contribution in [0.15, 0.2) is 36.4 Å². The molecule has 3 rings (SSSR count). The molecule has 1 saturated heterocycles. The number of benzene rings is 2. The van der Waals surface area contributed by atoms with Crippen LogP contribution in [0.5, 0.6) is 23.0 Å². The van der Waals surface area contributed by atoms with Gasteiger partial charge in [-0.2, -0.15) is 0 Å². The van der Waals surface area contributed by atoms with Crippen LogP contribution < -0.4 is 29.2 Å². The van der Waals surface area contributed by atoms with Gasteiger partial charge in [0.25, 0.3) is 0 Å². The maximum Gasteiger partial charge on any atom is 0.241 e. The maximum atomic E-state index is 12.7. The van der Waals surface area contributed by atoms with Crippen LogP contribution in [0, 0.1) is 0 Å². The van der Waals surface area contributed by atoms with Crippen molar-refractivity contribution in [2.75, 3.05) is 71.4 Å². The number of anilines is 2. The number of carbonyl (C=O) groups is 1. The molecule has 0 saturated carbocycles. The number of hydrogen-bond acceptors (Lipinski definition) is 7. The summed E-state index contributed by atoms with van der Waals surface area (Å²) in [6.45, 7) is 3.15. The second-order valence-corrected chi connectivity index (χ2v) is 6.83. The minimum atomic E-state index is 0.0538. The Kier molecular flexibility index (Phi) is 7.11. The molecule has 0 radical (unpaired) electrons. The third-order valence-electron chi connectivity index (χ3n) is 5.18. The monoisotopic (exact) mass is 415 g/mol. The molecule has 1 heterocycles. The molecule has 0 unspecified atom stereocenters. The molecular formula is C22H29N3O5. The Bertz CT molecular complexity index is 823. The van der Waals surface area contributed by atoms with Gasteiger partial charge < -0.3 is 34.1 Å². The van der Waals surface area contributed by atoms with Gasteiger partial charge in [0.05, 0.1) is 35.0 Å². The van der Waals surface area contributed by atoms with Gasteiger partial charge in [-0.3, -0.25) is 4.79 Å². The Morgan fingerprint density at radius 1 is 0.867 bits per heavy atom. The lowest BCUT2D eigenvalue weighted by atomic mass is 10.2. The van der Waals surface area contributed by atoms with E-state index in [0.29, 0.717) is 30.3 Å². The van der Waals surface area contributed by atoms with Crippen LogP contribution in [-0.4, -0.2) is 72.0 Å². The number of nitrogens with one attached hydrogen (secondary N) is 1. The molecule has 1 aliphatic heterocycles. The summed E-state index contributed by atoms with van der Waals surface area (Å²) < 4.78 is 21.3. The molecule has 2 aromatic rings. The highest BCUT2D eigenvalue weighted by Crippen LogP contribution is 2.39. The molecule has 0 aromatic heterocycles. The Balaban J connectivity index is 1.55. The van der Waals surface area contributed by atoms with Gasteiger partial charge in [-0.25, -0.2) is 0 Å². The molecule has 1 fully saturated rings. The van der Waals surface area contributed by atoms with Crippen molar-refractivity contribution in [1.29, 1.82) is 0 Å². The maximum absolute atomic E-state index is 12.7. The van der Waals surface area contributed by atoms with E-state index in [1.54, 1.807) is 40.6 Å². The van der Waals surface area contributed by atoms with Crippen LogP contribution in [-0.2, 0) is 4.79 Å². The smallest absolute Gasteiger partial charge is 0.241 e. The third kappa shape index (κ3) is 4.82. The van der Waals surface area contributed by atoms with E-state index in [1.165, 1.54) is 0 Å². The van der Waals surface area contributed by atoms with E-state index >= 15 is 0 Å². The Hall–Kier alpha value is -3.29. The summed E-state index contributed by atoms with van der Waals surface area (Å²) in [6.07, 6.45) is 0. The number of methoxy groups -OCH3 is 4. The first-order valence-electron chi connectivity index (χ1n) is 9.80. The average molecular weight is 415 g/mol. The summed E-state index contributed by atoms with van der Waals surface area (Å²) in [6, 6.07) is 11.6. The molecule has 0 spiro atoms. The Morgan fingerprint density at radius 2 is 1.47 bits per heavy atom. The predicted molar refractivity (Wildman–Crippen MR) is 116 cm³/mol. The normalized spacial score (nSPS) is 13.6. The standard InChI is InChI=1S/C22H29N3O5/c1-27-18-7-5-17(6-8-18)24-9-11-25(12-10-24)21(26)15-23-16-13-19(28-2)22(30-4)20(14-16)29-3/h5-8,13-14,23H,9-12,15H2,1-4H3. The van der Waals surface area contributed by atoms with Gasteiger partial charge in [0.15, 0.2) is 11.5 Å². The molecule has 0 atom stereocenters. The van der Waals surface area contributed by atoms with Crippen LogP contribution in [0.4, 0.5) is 11.4 Å². The van der Waals surface area contributed by atoms with E-state index in [4.69, 9.17) is 18.9 Å². The van der Waals surface area contributed by atoms with Crippen LogP contribution in [0.25, 0.3) is 0 Å². The largest absolute Gasteiger partial charge is 0.497 e. The van der Waals surface area contributed by atoms with Crippen LogP contribution >= 0.6 is 0 Å². The van der Waals surface area contributed by atoms with Crippen molar-refractivity contribution >= 4 is 17.3 Å². The summed E-state index contributed by atoms with van der Waals surface area (Å²) >= 11 is 0. The van der Waals surface area contributed by atoms with Crippen molar-refractivity contribution in [3.05, 3.63) is 36.4 Å². The van der Waals surface area contributed by atoms with Crippen molar-refractivity contribution in [3.63, 3.8) is 0 Å². The van der Waals surface area contributed by atoms with Crippen molar-refractivity contribution in [2.24, 2.45) is 0 Å². The Labute approximate surface area is 177 Å². The Morgan fingerprint density at radius 3 is 1.97 bits per heavy atom. The summed E-state index contributed by atoms with van der Waals surface area (Å²) in [5, 5.41) is 3.16. The number of piperazine rings is 1. The highest BCUT2D eigenvalue weighted by Gasteiger charge is 2.21. The summed E-state index contributed by atoms with van der Waals surface area (Å²) in [4.78, 5) is 16.8. The summed E-state index contributed by atoms with van der Waals surface area (Å²) in [5.41, 5.74) is 1.87. The molecule has 8 nitrogen and oxygen atoms in total. The molecule has 162 valence electrons. The quantitative estimate of drug-likeness (QED) is 0.710. The fourth-order valence-corrected chi connectivity index (χ4v) is 3.48. The van der Waals surface area contributed by atoms with Crippen LogP contribution in [0.3, 0.4) is 0 Å². The van der Waals surface area contributed by atoms with E-state index in [0.717, 1.165) is 30.2 Å². The van der Waals surface area contributed by atoms with Gasteiger partial charge >= 0.3 is 0 Å². The summed E-state index contributed by atoms with van der Waals surface area (Å²) in [5.74, 6) is 2.50. The van der Waals surface area contributed by atoms with Crippen molar-refractivity contribution < 1.29 is 23.7 Å². The highest BCUT2D eigenvalue weighted by molar-refractivity contribution is 5.81. The number of hydrogen-bond donors (Lipinski definition) is 1. The van der Waals surface area contributed by atoms with Gasteiger partial charge in [-0.05, 0) is 24.3 Å². The van der Waals surface area contributed by atoms with Crippen molar-refractivity contribution in [1.82, 2.24) is 4.90 Å². The van der Waals surface area contributed by atoms with Gasteiger partial charge in [-0.1, -0.05) is 0 Å². The minimum Gasteiger partial charge on any atom is -0.497 e. The topological polar surface area (TPSA) is 72.5 Å². The van der Waals surface area contributed by atoms with Gasteiger partial charge in [0, 0.05) is 49.7 Å². The molecule has 1 N–H and O–H groups in total. The van der Waals surface area contributed by atoms with Crippen LogP contribution in [0.2, 0.25) is 0 Å². The predicted octanol–water partition coefficient (Wildman–Crippen LogP) is 2.48. The van der Waals surface area contributed by atoms with Gasteiger partial charge in [0.1, 0.15) is 5.75 Å². The lowest BCUT2D eigenvalue weighted by Gasteiger charge is -2.36. The lowest BCUT2D eigenvalue weighted by molar-refractivity contribution is -0.129. The molecule has 1 amide bonds. The molecule has 2 aromatic carbocycles. The van der Waals surface area contributed by atoms with E-state index in [-0.39, 0.29) is 12.5 Å². The zero-order chi connectivity index (χ0) is 21.5. The van der Waals surface area contributed by atoms with Crippen LogP contribution in [0.1, 0.15) is 0 Å². The van der Waals surface area contributed by atoms with E-state index in [1.807, 2.05) is 29.2 Å². The van der Waals surface area contributed by atoms with E-state index in [9.17, 15) is 4.79 Å². The third-order valence-corrected chi connectivity index (χ3v) is 5.18.